The summed E-state index contributed by atoms with van der Waals surface area (Å²) >= 11 is 0. The van der Waals surface area contributed by atoms with Crippen molar-refractivity contribution in [3.63, 3.8) is 0 Å². The van der Waals surface area contributed by atoms with Gasteiger partial charge in [-0.15, -0.1) is 0 Å². The highest BCUT2D eigenvalue weighted by molar-refractivity contribution is 5.74. The smallest absolute Gasteiger partial charge is 0.123 e. The third-order valence-electron chi connectivity index (χ3n) is 5.83. The molecule has 0 saturated heterocycles. The van der Waals surface area contributed by atoms with Crippen LogP contribution in [0.4, 0.5) is 10.1 Å². The summed E-state index contributed by atoms with van der Waals surface area (Å²) < 4.78 is 13.4. The molecule has 2 heteroatoms. The minimum Gasteiger partial charge on any atom is -0.373 e. The molecule has 0 amide bonds. The summed E-state index contributed by atoms with van der Waals surface area (Å²) in [5.74, 6) is -0.157. The highest BCUT2D eigenvalue weighted by atomic mass is 19.1. The predicted octanol–water partition coefficient (Wildman–Crippen LogP) is 5.45. The van der Waals surface area contributed by atoms with Gasteiger partial charge in [0.15, 0.2) is 0 Å². The minimum atomic E-state index is -0.157. The number of benzene rings is 2. The third kappa shape index (κ3) is 2.36. The van der Waals surface area contributed by atoms with E-state index in [1.54, 1.807) is 12.1 Å². The van der Waals surface area contributed by atoms with Crippen molar-refractivity contribution in [2.45, 2.75) is 44.4 Å². The van der Waals surface area contributed by atoms with Crippen molar-refractivity contribution in [3.8, 4) is 11.1 Å². The number of nitrogens with zero attached hydrogens (tertiary/aromatic N) is 1. The molecular formula is C21H24FN. The summed E-state index contributed by atoms with van der Waals surface area (Å²) in [5.41, 5.74) is 6.62. The van der Waals surface area contributed by atoms with Gasteiger partial charge in [0.05, 0.1) is 0 Å². The molecule has 1 fully saturated rings. The van der Waals surface area contributed by atoms with Gasteiger partial charge in [0, 0.05) is 24.7 Å². The van der Waals surface area contributed by atoms with E-state index in [2.05, 4.69) is 30.1 Å². The molecule has 0 N–H and O–H groups in total. The average molecular weight is 309 g/mol. The van der Waals surface area contributed by atoms with Crippen molar-refractivity contribution in [2.75, 3.05) is 18.5 Å². The first-order valence-corrected chi connectivity index (χ1v) is 8.71. The lowest BCUT2D eigenvalue weighted by Gasteiger charge is -2.34. The van der Waals surface area contributed by atoms with E-state index in [9.17, 15) is 4.39 Å². The molecule has 2 aliphatic rings. The molecule has 120 valence electrons. The number of anilines is 1. The van der Waals surface area contributed by atoms with Crippen LogP contribution in [0.1, 0.15) is 43.2 Å². The Labute approximate surface area is 138 Å². The van der Waals surface area contributed by atoms with Gasteiger partial charge in [0.2, 0.25) is 0 Å². The van der Waals surface area contributed by atoms with E-state index in [1.165, 1.54) is 48.9 Å². The molecule has 0 atom stereocenters. The Morgan fingerprint density at radius 1 is 1.00 bits per heavy atom. The number of likely N-dealkylation sites (N-methyl/N-ethyl adjacent to an activating group) is 1. The van der Waals surface area contributed by atoms with E-state index < -0.39 is 0 Å². The zero-order valence-corrected chi connectivity index (χ0v) is 14.0. The van der Waals surface area contributed by atoms with Crippen LogP contribution in [0.2, 0.25) is 0 Å². The van der Waals surface area contributed by atoms with E-state index in [-0.39, 0.29) is 5.82 Å². The molecule has 4 rings (SSSR count). The molecule has 1 nitrogen and oxygen atoms in total. The average Bonchev–Trinajstić information content (AvgIpc) is 2.80. The normalized spacial score (nSPS) is 19.2. The molecular weight excluding hydrogens is 285 g/mol. The van der Waals surface area contributed by atoms with Gasteiger partial charge >= 0.3 is 0 Å². The second-order valence-corrected chi connectivity index (χ2v) is 7.39. The molecule has 0 radical (unpaired) electrons. The molecule has 1 saturated carbocycles. The minimum absolute atomic E-state index is 0.157. The van der Waals surface area contributed by atoms with Gasteiger partial charge in [-0.05, 0) is 66.3 Å². The van der Waals surface area contributed by atoms with Crippen molar-refractivity contribution in [3.05, 3.63) is 53.3 Å². The number of halogens is 1. The fourth-order valence-corrected chi connectivity index (χ4v) is 4.69. The topological polar surface area (TPSA) is 3.24 Å². The van der Waals surface area contributed by atoms with Crippen molar-refractivity contribution in [1.82, 2.24) is 0 Å². The van der Waals surface area contributed by atoms with E-state index in [0.717, 1.165) is 17.7 Å². The summed E-state index contributed by atoms with van der Waals surface area (Å²) in [6.07, 6.45) is 6.66. The Hall–Kier alpha value is -1.83. The number of aryl methyl sites for hydroxylation is 1. The SMILES string of the molecule is Cc1cc(F)ccc1-c1ccc2c(c1)C1(CCCCC1)CN2C. The van der Waals surface area contributed by atoms with Crippen molar-refractivity contribution in [2.24, 2.45) is 0 Å². The summed E-state index contributed by atoms with van der Waals surface area (Å²) in [5, 5.41) is 0. The standard InChI is InChI=1S/C21H24FN/c1-15-12-17(22)7-8-18(15)16-6-9-20-19(13-16)21(14-23(20)2)10-4-3-5-11-21/h6-9,12-13H,3-5,10-11,14H2,1-2H3. The Morgan fingerprint density at radius 3 is 2.52 bits per heavy atom. The van der Waals surface area contributed by atoms with E-state index in [4.69, 9.17) is 0 Å². The Balaban J connectivity index is 1.82. The first-order chi connectivity index (χ1) is 11.1. The van der Waals surface area contributed by atoms with Gasteiger partial charge < -0.3 is 4.90 Å². The lowest BCUT2D eigenvalue weighted by Crippen LogP contribution is -2.33. The number of rotatable bonds is 1. The molecule has 1 spiro atoms. The van der Waals surface area contributed by atoms with Gasteiger partial charge in [-0.3, -0.25) is 0 Å². The first kappa shape index (κ1) is 14.7. The lowest BCUT2D eigenvalue weighted by atomic mass is 9.70. The fraction of sp³-hybridized carbons (Fsp3) is 0.429. The maximum Gasteiger partial charge on any atom is 0.123 e. The summed E-state index contributed by atoms with van der Waals surface area (Å²) in [7, 11) is 2.21. The van der Waals surface area contributed by atoms with Crippen molar-refractivity contribution in [1.29, 1.82) is 0 Å². The van der Waals surface area contributed by atoms with Crippen LogP contribution in [0, 0.1) is 12.7 Å². The monoisotopic (exact) mass is 309 g/mol. The van der Waals surface area contributed by atoms with Crippen molar-refractivity contribution >= 4 is 5.69 Å². The van der Waals surface area contributed by atoms with Gasteiger partial charge in [-0.1, -0.05) is 31.4 Å². The highest BCUT2D eigenvalue weighted by Gasteiger charge is 2.42. The van der Waals surface area contributed by atoms with E-state index >= 15 is 0 Å². The van der Waals surface area contributed by atoms with Crippen LogP contribution in [0.3, 0.4) is 0 Å². The van der Waals surface area contributed by atoms with Gasteiger partial charge in [-0.2, -0.15) is 0 Å². The van der Waals surface area contributed by atoms with Gasteiger partial charge in [0.25, 0.3) is 0 Å². The zero-order chi connectivity index (χ0) is 16.0. The molecule has 0 bridgehead atoms. The first-order valence-electron chi connectivity index (χ1n) is 8.71. The van der Waals surface area contributed by atoms with Crippen LogP contribution in [0.5, 0.6) is 0 Å². The summed E-state index contributed by atoms with van der Waals surface area (Å²) in [6, 6.07) is 11.9. The van der Waals surface area contributed by atoms with E-state index in [0.29, 0.717) is 5.41 Å². The maximum absolute atomic E-state index is 13.4. The molecule has 2 aromatic rings. The van der Waals surface area contributed by atoms with Crippen molar-refractivity contribution < 1.29 is 4.39 Å². The Kier molecular flexibility index (Phi) is 3.44. The van der Waals surface area contributed by atoms with Crippen LogP contribution in [-0.4, -0.2) is 13.6 Å². The summed E-state index contributed by atoms with van der Waals surface area (Å²) in [4.78, 5) is 2.42. The van der Waals surface area contributed by atoms with Crippen LogP contribution in [0.15, 0.2) is 36.4 Å². The predicted molar refractivity (Wildman–Crippen MR) is 94.6 cm³/mol. The second kappa shape index (κ2) is 5.36. The number of fused-ring (bicyclic) bond motifs is 2. The van der Waals surface area contributed by atoms with Crippen LogP contribution >= 0.6 is 0 Å². The number of hydrogen-bond donors (Lipinski definition) is 0. The molecule has 2 aromatic carbocycles. The summed E-state index contributed by atoms with van der Waals surface area (Å²) in [6.45, 7) is 3.14. The third-order valence-corrected chi connectivity index (χ3v) is 5.83. The Morgan fingerprint density at radius 2 is 1.78 bits per heavy atom. The quantitative estimate of drug-likeness (QED) is 0.677. The molecule has 1 heterocycles. The lowest BCUT2D eigenvalue weighted by molar-refractivity contribution is 0.312. The van der Waals surface area contributed by atoms with Gasteiger partial charge in [0.1, 0.15) is 5.82 Å². The van der Waals surface area contributed by atoms with Crippen LogP contribution in [0.25, 0.3) is 11.1 Å². The van der Waals surface area contributed by atoms with Crippen LogP contribution < -0.4 is 4.90 Å². The van der Waals surface area contributed by atoms with Gasteiger partial charge in [-0.25, -0.2) is 4.39 Å². The molecule has 0 unspecified atom stereocenters. The second-order valence-electron chi connectivity index (χ2n) is 7.39. The highest BCUT2D eigenvalue weighted by Crippen LogP contribution is 2.49. The molecule has 1 aliphatic heterocycles. The molecule has 0 aromatic heterocycles. The fourth-order valence-electron chi connectivity index (χ4n) is 4.69. The zero-order valence-electron chi connectivity index (χ0n) is 14.0. The molecule has 23 heavy (non-hydrogen) atoms. The number of hydrogen-bond acceptors (Lipinski definition) is 1. The van der Waals surface area contributed by atoms with Crippen LogP contribution in [-0.2, 0) is 5.41 Å². The molecule has 1 aliphatic carbocycles. The Bertz CT molecular complexity index is 744. The maximum atomic E-state index is 13.4. The largest absolute Gasteiger partial charge is 0.373 e. The van der Waals surface area contributed by atoms with E-state index in [1.807, 2.05) is 13.0 Å².